The molecule has 0 saturated carbocycles. The van der Waals surface area contributed by atoms with Crippen molar-refractivity contribution in [3.8, 4) is 0 Å². The van der Waals surface area contributed by atoms with Gasteiger partial charge in [-0.1, -0.05) is 0 Å². The lowest BCUT2D eigenvalue weighted by molar-refractivity contribution is -0.119. The summed E-state index contributed by atoms with van der Waals surface area (Å²) < 4.78 is 11.4. The topological polar surface area (TPSA) is 47.7 Å². The summed E-state index contributed by atoms with van der Waals surface area (Å²) in [4.78, 5) is 2.40. The number of rotatable bonds is 3. The first-order chi connectivity index (χ1) is 7.28. The third-order valence-corrected chi connectivity index (χ3v) is 3.62. The fraction of sp³-hybridized carbons (Fsp3) is 1.00. The molecule has 2 aliphatic heterocycles. The maximum Gasteiger partial charge on any atom is 0.0845 e. The molecule has 88 valence electrons. The van der Waals surface area contributed by atoms with Crippen molar-refractivity contribution in [1.29, 1.82) is 0 Å². The van der Waals surface area contributed by atoms with Gasteiger partial charge in [-0.15, -0.1) is 0 Å². The molecule has 4 heteroatoms. The molecule has 0 aromatic rings. The van der Waals surface area contributed by atoms with Crippen LogP contribution in [0.3, 0.4) is 0 Å². The molecule has 2 atom stereocenters. The van der Waals surface area contributed by atoms with Crippen LogP contribution in [0.25, 0.3) is 0 Å². The van der Waals surface area contributed by atoms with Crippen LogP contribution >= 0.6 is 0 Å². The van der Waals surface area contributed by atoms with Crippen LogP contribution in [0.2, 0.25) is 0 Å². The fourth-order valence-electron chi connectivity index (χ4n) is 2.77. The first-order valence-electron chi connectivity index (χ1n) is 5.87. The Bertz CT molecular complexity index is 213. The van der Waals surface area contributed by atoms with Crippen LogP contribution in [-0.4, -0.2) is 56.5 Å². The van der Waals surface area contributed by atoms with Gasteiger partial charge in [0.15, 0.2) is 0 Å². The summed E-state index contributed by atoms with van der Waals surface area (Å²) in [5.41, 5.74) is 5.64. The molecule has 0 aromatic heterocycles. The molecule has 2 fully saturated rings. The molecule has 0 bridgehead atoms. The third-order valence-electron chi connectivity index (χ3n) is 3.62. The molecule has 2 heterocycles. The second kappa shape index (κ2) is 4.78. The van der Waals surface area contributed by atoms with Gasteiger partial charge >= 0.3 is 0 Å². The molecular formula is C11H22N2O2. The number of nitrogens with zero attached hydrogens (tertiary/aromatic N) is 1. The molecule has 0 unspecified atom stereocenters. The van der Waals surface area contributed by atoms with Gasteiger partial charge in [0.2, 0.25) is 0 Å². The maximum absolute atomic E-state index is 5.97. The number of hydrogen-bond acceptors (Lipinski definition) is 4. The van der Waals surface area contributed by atoms with E-state index >= 15 is 0 Å². The standard InChI is InChI=1S/C11H22N2O2/c1-14-10-2-7-15-11(8-10)3-5-13(9-11)6-4-12/h10H,2-9,12H2,1H3/t10-,11+/m1/s1. The largest absolute Gasteiger partial charge is 0.381 e. The minimum Gasteiger partial charge on any atom is -0.381 e. The minimum atomic E-state index is 0.0636. The molecule has 0 radical (unpaired) electrons. The Morgan fingerprint density at radius 2 is 2.47 bits per heavy atom. The van der Waals surface area contributed by atoms with Crippen LogP contribution < -0.4 is 5.73 Å². The van der Waals surface area contributed by atoms with Gasteiger partial charge in [0.1, 0.15) is 0 Å². The van der Waals surface area contributed by atoms with Crippen LogP contribution in [0.4, 0.5) is 0 Å². The van der Waals surface area contributed by atoms with Crippen molar-refractivity contribution >= 4 is 0 Å². The van der Waals surface area contributed by atoms with Gasteiger partial charge in [-0.25, -0.2) is 0 Å². The normalized spacial score (nSPS) is 37.6. The second-order valence-corrected chi connectivity index (χ2v) is 4.70. The first-order valence-corrected chi connectivity index (χ1v) is 5.87. The van der Waals surface area contributed by atoms with E-state index in [0.29, 0.717) is 6.10 Å². The van der Waals surface area contributed by atoms with E-state index in [1.54, 1.807) is 7.11 Å². The lowest BCUT2D eigenvalue weighted by Crippen LogP contribution is -2.45. The molecule has 0 aromatic carbocycles. The molecule has 2 saturated heterocycles. The predicted molar refractivity (Wildman–Crippen MR) is 58.8 cm³/mol. The van der Waals surface area contributed by atoms with Crippen LogP contribution in [-0.2, 0) is 9.47 Å². The SMILES string of the molecule is CO[C@@H]1CCO[C@@]2(CCN(CCN)C2)C1. The Balaban J connectivity index is 1.90. The van der Waals surface area contributed by atoms with E-state index in [1.807, 2.05) is 0 Å². The van der Waals surface area contributed by atoms with Crippen molar-refractivity contribution < 1.29 is 9.47 Å². The molecule has 1 spiro atoms. The molecular weight excluding hydrogens is 192 g/mol. The molecule has 2 N–H and O–H groups in total. The zero-order valence-electron chi connectivity index (χ0n) is 9.58. The highest BCUT2D eigenvalue weighted by atomic mass is 16.5. The molecule has 4 nitrogen and oxygen atoms in total. The lowest BCUT2D eigenvalue weighted by atomic mass is 9.91. The Morgan fingerprint density at radius 3 is 3.20 bits per heavy atom. The van der Waals surface area contributed by atoms with E-state index in [4.69, 9.17) is 15.2 Å². The highest BCUT2D eigenvalue weighted by Crippen LogP contribution is 2.34. The summed E-state index contributed by atoms with van der Waals surface area (Å²) in [5.74, 6) is 0. The Kier molecular flexibility index (Phi) is 3.61. The van der Waals surface area contributed by atoms with E-state index in [2.05, 4.69) is 4.90 Å². The highest BCUT2D eigenvalue weighted by Gasteiger charge is 2.42. The molecule has 15 heavy (non-hydrogen) atoms. The second-order valence-electron chi connectivity index (χ2n) is 4.70. The summed E-state index contributed by atoms with van der Waals surface area (Å²) in [7, 11) is 1.80. The van der Waals surface area contributed by atoms with Gasteiger partial charge in [-0.3, -0.25) is 4.90 Å². The fourth-order valence-corrected chi connectivity index (χ4v) is 2.77. The molecule has 2 aliphatic rings. The summed E-state index contributed by atoms with van der Waals surface area (Å²) >= 11 is 0. The Morgan fingerprint density at radius 1 is 1.60 bits per heavy atom. The highest BCUT2D eigenvalue weighted by molar-refractivity contribution is 4.95. The number of methoxy groups -OCH3 is 1. The van der Waals surface area contributed by atoms with Gasteiger partial charge in [-0.05, 0) is 12.8 Å². The van der Waals surface area contributed by atoms with Crippen molar-refractivity contribution in [2.75, 3.05) is 39.9 Å². The summed E-state index contributed by atoms with van der Waals surface area (Å²) in [6, 6.07) is 0. The third kappa shape index (κ3) is 2.50. The first kappa shape index (κ1) is 11.3. The van der Waals surface area contributed by atoms with Gasteiger partial charge in [-0.2, -0.15) is 0 Å². The average molecular weight is 214 g/mol. The molecule has 0 amide bonds. The van der Waals surface area contributed by atoms with Crippen molar-refractivity contribution in [3.05, 3.63) is 0 Å². The average Bonchev–Trinajstić information content (AvgIpc) is 2.62. The summed E-state index contributed by atoms with van der Waals surface area (Å²) in [5, 5.41) is 0. The van der Waals surface area contributed by atoms with Gasteiger partial charge in [0.05, 0.1) is 11.7 Å². The minimum absolute atomic E-state index is 0.0636. The van der Waals surface area contributed by atoms with E-state index in [-0.39, 0.29) is 5.60 Å². The van der Waals surface area contributed by atoms with Crippen LogP contribution in [0.15, 0.2) is 0 Å². The van der Waals surface area contributed by atoms with Crippen molar-refractivity contribution in [2.24, 2.45) is 5.73 Å². The van der Waals surface area contributed by atoms with Crippen LogP contribution in [0.5, 0.6) is 0 Å². The zero-order chi connectivity index (χ0) is 10.7. The summed E-state index contributed by atoms with van der Waals surface area (Å²) in [6.45, 7) is 4.72. The Labute approximate surface area is 91.7 Å². The maximum atomic E-state index is 5.97. The molecule has 2 rings (SSSR count). The van der Waals surface area contributed by atoms with Gasteiger partial charge < -0.3 is 15.2 Å². The predicted octanol–water partition coefficient (Wildman–Crippen LogP) is 0.215. The van der Waals surface area contributed by atoms with E-state index in [1.165, 1.54) is 0 Å². The van der Waals surface area contributed by atoms with Crippen molar-refractivity contribution in [3.63, 3.8) is 0 Å². The number of nitrogens with two attached hydrogens (primary N) is 1. The quantitative estimate of drug-likeness (QED) is 0.730. The number of likely N-dealkylation sites (tertiary alicyclic amines) is 1. The van der Waals surface area contributed by atoms with E-state index in [9.17, 15) is 0 Å². The monoisotopic (exact) mass is 214 g/mol. The van der Waals surface area contributed by atoms with E-state index in [0.717, 1.165) is 52.0 Å². The smallest absolute Gasteiger partial charge is 0.0845 e. The molecule has 0 aliphatic carbocycles. The van der Waals surface area contributed by atoms with Crippen molar-refractivity contribution in [1.82, 2.24) is 4.90 Å². The zero-order valence-corrected chi connectivity index (χ0v) is 9.58. The van der Waals surface area contributed by atoms with Crippen molar-refractivity contribution in [2.45, 2.75) is 31.0 Å². The lowest BCUT2D eigenvalue weighted by Gasteiger charge is -2.37. The Hall–Kier alpha value is -0.160. The number of hydrogen-bond donors (Lipinski definition) is 1. The van der Waals surface area contributed by atoms with E-state index < -0.39 is 0 Å². The van der Waals surface area contributed by atoms with Crippen LogP contribution in [0.1, 0.15) is 19.3 Å². The van der Waals surface area contributed by atoms with Crippen LogP contribution in [0, 0.1) is 0 Å². The van der Waals surface area contributed by atoms with Gasteiger partial charge in [0.25, 0.3) is 0 Å². The summed E-state index contributed by atoms with van der Waals surface area (Å²) in [6.07, 6.45) is 3.60. The number of ether oxygens (including phenoxy) is 2. The van der Waals surface area contributed by atoms with Gasteiger partial charge in [0, 0.05) is 46.3 Å².